The summed E-state index contributed by atoms with van der Waals surface area (Å²) < 4.78 is 19.9. The third-order valence-electron chi connectivity index (χ3n) is 4.57. The van der Waals surface area contributed by atoms with Gasteiger partial charge in [-0.25, -0.2) is 9.18 Å². The van der Waals surface area contributed by atoms with Crippen molar-refractivity contribution in [2.45, 2.75) is 39.3 Å². The van der Waals surface area contributed by atoms with E-state index in [0.29, 0.717) is 18.5 Å². The summed E-state index contributed by atoms with van der Waals surface area (Å²) in [6.45, 7) is 4.42. The van der Waals surface area contributed by atoms with Crippen LogP contribution >= 0.6 is 0 Å². The monoisotopic (exact) mass is 370 g/mol. The van der Waals surface area contributed by atoms with Gasteiger partial charge in [-0.05, 0) is 42.2 Å². The van der Waals surface area contributed by atoms with Crippen LogP contribution in [0.4, 0.5) is 4.39 Å². The van der Waals surface area contributed by atoms with Crippen LogP contribution in [0.1, 0.15) is 38.3 Å². The molecule has 0 saturated heterocycles. The van der Waals surface area contributed by atoms with Crippen molar-refractivity contribution >= 4 is 17.0 Å². The number of amides is 1. The molecule has 0 aliphatic carbocycles. The van der Waals surface area contributed by atoms with Gasteiger partial charge in [-0.2, -0.15) is 0 Å². The first-order valence-electron chi connectivity index (χ1n) is 9.09. The smallest absolute Gasteiger partial charge is 0.408 e. The zero-order valence-corrected chi connectivity index (χ0v) is 15.4. The van der Waals surface area contributed by atoms with Gasteiger partial charge in [0.1, 0.15) is 5.82 Å². The minimum absolute atomic E-state index is 0.0983. The van der Waals surface area contributed by atoms with Gasteiger partial charge in [0.05, 0.1) is 11.6 Å². The second-order valence-electron chi connectivity index (χ2n) is 6.93. The van der Waals surface area contributed by atoms with Gasteiger partial charge in [0.15, 0.2) is 5.58 Å². The molecule has 0 bridgehead atoms. The van der Waals surface area contributed by atoms with Crippen LogP contribution in [0.25, 0.3) is 11.1 Å². The molecular formula is C21H23FN2O3. The normalized spacial score (nSPS) is 12.4. The van der Waals surface area contributed by atoms with Crippen LogP contribution in [0.2, 0.25) is 0 Å². The highest BCUT2D eigenvalue weighted by atomic mass is 19.1. The molecule has 142 valence electrons. The standard InChI is InChI=1S/C21H23FN2O3/c1-14(2)20(15-9-11-16(22)12-10-15)23-19(25)8-5-13-24-17-6-3-4-7-18(17)27-21(24)26/h3-4,6-7,9-12,14,20H,5,8,13H2,1-2H3,(H,23,25). The molecule has 6 heteroatoms. The number of benzene rings is 2. The van der Waals surface area contributed by atoms with Crippen molar-refractivity contribution in [1.82, 2.24) is 9.88 Å². The van der Waals surface area contributed by atoms with Gasteiger partial charge < -0.3 is 9.73 Å². The molecule has 0 radical (unpaired) electrons. The van der Waals surface area contributed by atoms with E-state index in [4.69, 9.17) is 4.42 Å². The van der Waals surface area contributed by atoms with E-state index >= 15 is 0 Å². The fraction of sp³-hybridized carbons (Fsp3) is 0.333. The third-order valence-corrected chi connectivity index (χ3v) is 4.57. The number of fused-ring (bicyclic) bond motifs is 1. The Balaban J connectivity index is 1.60. The van der Waals surface area contributed by atoms with Crippen molar-refractivity contribution in [1.29, 1.82) is 0 Å². The fourth-order valence-corrected chi connectivity index (χ4v) is 3.17. The summed E-state index contributed by atoms with van der Waals surface area (Å²) in [4.78, 5) is 24.3. The number of nitrogens with zero attached hydrogens (tertiary/aromatic N) is 1. The molecule has 0 aliphatic rings. The van der Waals surface area contributed by atoms with Gasteiger partial charge >= 0.3 is 5.76 Å². The number of para-hydroxylation sites is 2. The number of aromatic nitrogens is 1. The van der Waals surface area contributed by atoms with Gasteiger partial charge in [-0.15, -0.1) is 0 Å². The van der Waals surface area contributed by atoms with Crippen LogP contribution in [-0.2, 0) is 11.3 Å². The van der Waals surface area contributed by atoms with Gasteiger partial charge in [-0.3, -0.25) is 9.36 Å². The summed E-state index contributed by atoms with van der Waals surface area (Å²) in [6.07, 6.45) is 0.805. The van der Waals surface area contributed by atoms with Crippen LogP contribution in [0, 0.1) is 11.7 Å². The summed E-state index contributed by atoms with van der Waals surface area (Å²) in [7, 11) is 0. The van der Waals surface area contributed by atoms with Crippen molar-refractivity contribution in [3.63, 3.8) is 0 Å². The molecule has 2 aromatic carbocycles. The second kappa shape index (κ2) is 8.20. The summed E-state index contributed by atoms with van der Waals surface area (Å²) in [5.74, 6) is -0.646. The lowest BCUT2D eigenvalue weighted by molar-refractivity contribution is -0.122. The molecule has 3 rings (SSSR count). The Morgan fingerprint density at radius 3 is 2.56 bits per heavy atom. The first-order chi connectivity index (χ1) is 13.0. The van der Waals surface area contributed by atoms with Crippen LogP contribution in [0.3, 0.4) is 0 Å². The third kappa shape index (κ3) is 4.45. The lowest BCUT2D eigenvalue weighted by Crippen LogP contribution is -2.31. The predicted octanol–water partition coefficient (Wildman–Crippen LogP) is 4.03. The number of oxazole rings is 1. The molecule has 0 aliphatic heterocycles. The number of halogens is 1. The largest absolute Gasteiger partial charge is 0.419 e. The summed E-state index contributed by atoms with van der Waals surface area (Å²) in [5.41, 5.74) is 2.15. The minimum atomic E-state index is -0.414. The fourth-order valence-electron chi connectivity index (χ4n) is 3.17. The molecule has 1 heterocycles. The molecule has 0 fully saturated rings. The minimum Gasteiger partial charge on any atom is -0.408 e. The average Bonchev–Trinajstić information content (AvgIpc) is 2.96. The number of carbonyl (C=O) groups excluding carboxylic acids is 1. The highest BCUT2D eigenvalue weighted by molar-refractivity contribution is 5.76. The van der Waals surface area contributed by atoms with Crippen molar-refractivity contribution in [2.75, 3.05) is 0 Å². The molecular weight excluding hydrogens is 347 g/mol. The second-order valence-corrected chi connectivity index (χ2v) is 6.93. The van der Waals surface area contributed by atoms with Crippen LogP contribution in [0.5, 0.6) is 0 Å². The Morgan fingerprint density at radius 2 is 1.85 bits per heavy atom. The van der Waals surface area contributed by atoms with Crippen molar-refractivity contribution in [3.05, 3.63) is 70.5 Å². The van der Waals surface area contributed by atoms with E-state index in [1.54, 1.807) is 22.8 Å². The van der Waals surface area contributed by atoms with E-state index in [1.807, 2.05) is 32.0 Å². The van der Waals surface area contributed by atoms with E-state index < -0.39 is 5.76 Å². The number of nitrogens with one attached hydrogen (secondary N) is 1. The van der Waals surface area contributed by atoms with E-state index in [2.05, 4.69) is 5.32 Å². The topological polar surface area (TPSA) is 64.2 Å². The average molecular weight is 370 g/mol. The summed E-state index contributed by atoms with van der Waals surface area (Å²) >= 11 is 0. The Morgan fingerprint density at radius 1 is 1.15 bits per heavy atom. The highest BCUT2D eigenvalue weighted by Gasteiger charge is 2.18. The maximum absolute atomic E-state index is 13.1. The first kappa shape index (κ1) is 18.9. The lowest BCUT2D eigenvalue weighted by Gasteiger charge is -2.23. The zero-order chi connectivity index (χ0) is 19.4. The summed E-state index contributed by atoms with van der Waals surface area (Å²) in [6, 6.07) is 13.2. The number of hydrogen-bond donors (Lipinski definition) is 1. The van der Waals surface area contributed by atoms with Crippen molar-refractivity contribution in [2.24, 2.45) is 5.92 Å². The molecule has 1 atom stereocenters. The van der Waals surface area contributed by atoms with Gasteiger partial charge in [0, 0.05) is 13.0 Å². The van der Waals surface area contributed by atoms with Crippen molar-refractivity contribution < 1.29 is 13.6 Å². The van der Waals surface area contributed by atoms with E-state index in [0.717, 1.165) is 11.1 Å². The van der Waals surface area contributed by atoms with E-state index in [1.165, 1.54) is 12.1 Å². The quantitative estimate of drug-likeness (QED) is 0.683. The Hall–Kier alpha value is -2.89. The van der Waals surface area contributed by atoms with Crippen LogP contribution in [0.15, 0.2) is 57.7 Å². The van der Waals surface area contributed by atoms with Crippen LogP contribution in [-0.4, -0.2) is 10.5 Å². The zero-order valence-electron chi connectivity index (χ0n) is 15.4. The highest BCUT2D eigenvalue weighted by Crippen LogP contribution is 2.22. The first-order valence-corrected chi connectivity index (χ1v) is 9.09. The molecule has 27 heavy (non-hydrogen) atoms. The van der Waals surface area contributed by atoms with E-state index in [-0.39, 0.29) is 30.1 Å². The van der Waals surface area contributed by atoms with Gasteiger partial charge in [0.25, 0.3) is 0 Å². The molecule has 1 N–H and O–H groups in total. The Bertz CT molecular complexity index is 973. The molecule has 1 unspecified atom stereocenters. The lowest BCUT2D eigenvalue weighted by atomic mass is 9.96. The number of hydrogen-bond acceptors (Lipinski definition) is 3. The van der Waals surface area contributed by atoms with Crippen molar-refractivity contribution in [3.8, 4) is 0 Å². The molecule has 5 nitrogen and oxygen atoms in total. The predicted molar refractivity (Wildman–Crippen MR) is 102 cm³/mol. The van der Waals surface area contributed by atoms with Gasteiger partial charge in [0.2, 0.25) is 5.91 Å². The van der Waals surface area contributed by atoms with Crippen LogP contribution < -0.4 is 11.1 Å². The van der Waals surface area contributed by atoms with E-state index in [9.17, 15) is 14.0 Å². The van der Waals surface area contributed by atoms with Gasteiger partial charge in [-0.1, -0.05) is 38.1 Å². The molecule has 3 aromatic rings. The summed E-state index contributed by atoms with van der Waals surface area (Å²) in [5, 5.41) is 3.01. The molecule has 1 aromatic heterocycles. The number of carbonyl (C=O) groups is 1. The SMILES string of the molecule is CC(C)C(NC(=O)CCCn1c(=O)oc2ccccc21)c1ccc(F)cc1. The number of aryl methyl sites for hydroxylation is 1. The Labute approximate surface area is 156 Å². The molecule has 0 saturated carbocycles. The Kier molecular flexibility index (Phi) is 5.74. The number of rotatable bonds is 7. The molecule has 1 amide bonds. The maximum Gasteiger partial charge on any atom is 0.419 e. The molecule has 0 spiro atoms. The maximum atomic E-state index is 13.1.